The molecule has 0 aliphatic heterocycles. The molecule has 12 heteroatoms. The zero-order valence-electron chi connectivity index (χ0n) is 15.1. The highest BCUT2D eigenvalue weighted by Gasteiger charge is 2.23. The molecule has 2 rings (SSSR count). The minimum absolute atomic E-state index is 0.0564. The van der Waals surface area contributed by atoms with E-state index in [9.17, 15) is 29.3 Å². The van der Waals surface area contributed by atoms with Gasteiger partial charge in [0.2, 0.25) is 5.78 Å². The van der Waals surface area contributed by atoms with Gasteiger partial charge < -0.3 is 15.2 Å². The zero-order chi connectivity index (χ0) is 21.2. The summed E-state index contributed by atoms with van der Waals surface area (Å²) in [6.07, 6.45) is 0. The maximum atomic E-state index is 12.3. The Hall–Kier alpha value is -3.96. The highest BCUT2D eigenvalue weighted by Crippen LogP contribution is 2.27. The fourth-order valence-electron chi connectivity index (χ4n) is 2.37. The number of carbonyl (C=O) groups excluding carboxylic acids is 2. The Morgan fingerprint density at radius 3 is 2.43 bits per heavy atom. The third kappa shape index (κ3) is 3.60. The number of aromatic nitrogens is 2. The number of rotatable bonds is 6. The second kappa shape index (κ2) is 7.73. The molecule has 0 fully saturated rings. The minimum Gasteiger partial charge on any atom is -0.490 e. The minimum atomic E-state index is -1.03. The van der Waals surface area contributed by atoms with Crippen molar-refractivity contribution in [2.45, 2.75) is 0 Å². The largest absolute Gasteiger partial charge is 0.490 e. The third-order valence-corrected chi connectivity index (χ3v) is 3.93. The van der Waals surface area contributed by atoms with Crippen molar-refractivity contribution < 1.29 is 24.0 Å². The maximum absolute atomic E-state index is 12.3. The molecule has 0 amide bonds. The van der Waals surface area contributed by atoms with Crippen molar-refractivity contribution in [1.82, 2.24) is 9.13 Å². The number of Topliss-reactive ketones (excluding diaryl/α,β-unsaturated/α-hetero) is 1. The van der Waals surface area contributed by atoms with Crippen molar-refractivity contribution in [1.29, 1.82) is 0 Å². The number of nitrogen functional groups attached to an aromatic ring is 1. The summed E-state index contributed by atoms with van der Waals surface area (Å²) in [6, 6.07) is 3.36. The summed E-state index contributed by atoms with van der Waals surface area (Å²) < 4.78 is 11.3. The number of methoxy groups -OCH3 is 1. The average molecular weight is 392 g/mol. The maximum Gasteiger partial charge on any atom is 0.338 e. The predicted molar refractivity (Wildman–Crippen MR) is 95.6 cm³/mol. The Kier molecular flexibility index (Phi) is 5.62. The van der Waals surface area contributed by atoms with Gasteiger partial charge in [0.15, 0.2) is 12.4 Å². The van der Waals surface area contributed by atoms with Gasteiger partial charge in [-0.05, 0) is 12.1 Å². The number of esters is 1. The lowest BCUT2D eigenvalue weighted by molar-refractivity contribution is -0.385. The molecule has 1 heterocycles. The van der Waals surface area contributed by atoms with E-state index >= 15 is 0 Å². The second-order valence-electron chi connectivity index (χ2n) is 5.61. The number of nitro groups is 1. The lowest BCUT2D eigenvalue weighted by Gasteiger charge is -2.11. The van der Waals surface area contributed by atoms with Crippen molar-refractivity contribution in [2.75, 3.05) is 19.5 Å². The predicted octanol–water partition coefficient (Wildman–Crippen LogP) is -0.377. The zero-order valence-corrected chi connectivity index (χ0v) is 15.1. The second-order valence-corrected chi connectivity index (χ2v) is 5.61. The van der Waals surface area contributed by atoms with Crippen LogP contribution in [0.15, 0.2) is 27.8 Å². The van der Waals surface area contributed by atoms with E-state index in [1.165, 1.54) is 33.3 Å². The van der Waals surface area contributed by atoms with Gasteiger partial charge in [0.25, 0.3) is 5.56 Å². The van der Waals surface area contributed by atoms with Crippen LogP contribution < -0.4 is 21.7 Å². The molecular weight excluding hydrogens is 376 g/mol. The van der Waals surface area contributed by atoms with Crippen molar-refractivity contribution in [3.05, 3.63) is 60.3 Å². The lowest BCUT2D eigenvalue weighted by atomic mass is 10.2. The van der Waals surface area contributed by atoms with E-state index in [0.717, 1.165) is 10.6 Å². The molecule has 0 spiro atoms. The Labute approximate surface area is 156 Å². The van der Waals surface area contributed by atoms with Gasteiger partial charge in [0.1, 0.15) is 11.4 Å². The number of nitrogens with two attached hydrogens (primary N) is 1. The van der Waals surface area contributed by atoms with Crippen LogP contribution in [0.3, 0.4) is 0 Å². The quantitative estimate of drug-likeness (QED) is 0.298. The topological polar surface area (TPSA) is 166 Å². The standard InChI is InChI=1S/C16H16N4O8/c1-18-13(17)12(14(22)19(2)16(18)24)10(21)7-28-15(23)8-4-5-11(27-3)9(6-8)20(25)26/h4-6H,7,17H2,1-3H3. The van der Waals surface area contributed by atoms with Gasteiger partial charge in [-0.1, -0.05) is 0 Å². The number of ketones is 1. The van der Waals surface area contributed by atoms with Crippen LogP contribution in [-0.4, -0.2) is 39.5 Å². The van der Waals surface area contributed by atoms with Gasteiger partial charge in [-0.3, -0.25) is 28.8 Å². The first-order valence-corrected chi connectivity index (χ1v) is 7.68. The Balaban J connectivity index is 2.26. The third-order valence-electron chi connectivity index (χ3n) is 3.93. The smallest absolute Gasteiger partial charge is 0.338 e. The number of nitro benzene ring substituents is 1. The number of hydrogen-bond acceptors (Lipinski definition) is 9. The van der Waals surface area contributed by atoms with Crippen LogP contribution in [-0.2, 0) is 18.8 Å². The molecule has 0 bridgehead atoms. The van der Waals surface area contributed by atoms with E-state index < -0.39 is 45.8 Å². The first-order chi connectivity index (χ1) is 13.1. The van der Waals surface area contributed by atoms with Crippen LogP contribution >= 0.6 is 0 Å². The van der Waals surface area contributed by atoms with E-state index in [2.05, 4.69) is 0 Å². The van der Waals surface area contributed by atoms with Gasteiger partial charge in [0.05, 0.1) is 17.6 Å². The van der Waals surface area contributed by atoms with Gasteiger partial charge in [-0.25, -0.2) is 9.59 Å². The van der Waals surface area contributed by atoms with Gasteiger partial charge in [-0.15, -0.1) is 0 Å². The molecular formula is C16H16N4O8. The number of anilines is 1. The fourth-order valence-corrected chi connectivity index (χ4v) is 2.37. The molecule has 0 saturated carbocycles. The molecule has 148 valence electrons. The van der Waals surface area contributed by atoms with Gasteiger partial charge >= 0.3 is 17.3 Å². The number of benzene rings is 1. The lowest BCUT2D eigenvalue weighted by Crippen LogP contribution is -2.42. The molecule has 12 nitrogen and oxygen atoms in total. The number of carbonyl (C=O) groups is 2. The van der Waals surface area contributed by atoms with Crippen LogP contribution in [0.5, 0.6) is 5.75 Å². The van der Waals surface area contributed by atoms with Gasteiger partial charge in [0, 0.05) is 20.2 Å². The van der Waals surface area contributed by atoms with Crippen molar-refractivity contribution in [3.8, 4) is 5.75 Å². The normalized spacial score (nSPS) is 10.4. The first kappa shape index (κ1) is 20.4. The number of nitrogens with zero attached hydrogens (tertiary/aromatic N) is 3. The van der Waals surface area contributed by atoms with Crippen LogP contribution in [0, 0.1) is 10.1 Å². The molecule has 0 aliphatic rings. The monoisotopic (exact) mass is 392 g/mol. The first-order valence-electron chi connectivity index (χ1n) is 7.68. The Bertz CT molecular complexity index is 1100. The molecule has 1 aromatic carbocycles. The van der Waals surface area contributed by atoms with E-state index in [4.69, 9.17) is 15.2 Å². The van der Waals surface area contributed by atoms with Gasteiger partial charge in [-0.2, -0.15) is 0 Å². The highest BCUT2D eigenvalue weighted by molar-refractivity contribution is 6.02. The fraction of sp³-hybridized carbons (Fsp3) is 0.250. The van der Waals surface area contributed by atoms with Crippen LogP contribution in [0.2, 0.25) is 0 Å². The highest BCUT2D eigenvalue weighted by atomic mass is 16.6. The summed E-state index contributed by atoms with van der Waals surface area (Å²) in [6.45, 7) is -0.851. The van der Waals surface area contributed by atoms with Crippen molar-refractivity contribution in [2.24, 2.45) is 14.1 Å². The summed E-state index contributed by atoms with van der Waals surface area (Å²) in [5, 5.41) is 11.0. The molecule has 0 unspecified atom stereocenters. The molecule has 1 aromatic heterocycles. The Morgan fingerprint density at radius 1 is 1.21 bits per heavy atom. The van der Waals surface area contributed by atoms with Crippen LogP contribution in [0.4, 0.5) is 11.5 Å². The van der Waals surface area contributed by atoms with Crippen LogP contribution in [0.1, 0.15) is 20.7 Å². The van der Waals surface area contributed by atoms with E-state index in [1.54, 1.807) is 0 Å². The molecule has 0 aliphatic carbocycles. The molecule has 0 radical (unpaired) electrons. The molecule has 28 heavy (non-hydrogen) atoms. The van der Waals surface area contributed by atoms with Crippen molar-refractivity contribution >= 4 is 23.3 Å². The summed E-state index contributed by atoms with van der Waals surface area (Å²) in [5.41, 5.74) is 2.85. The molecule has 0 saturated heterocycles. The number of hydrogen-bond donors (Lipinski definition) is 1. The summed E-state index contributed by atoms with van der Waals surface area (Å²) in [4.78, 5) is 58.6. The van der Waals surface area contributed by atoms with Crippen LogP contribution in [0.25, 0.3) is 0 Å². The summed E-state index contributed by atoms with van der Waals surface area (Å²) >= 11 is 0. The molecule has 2 N–H and O–H groups in total. The summed E-state index contributed by atoms with van der Waals surface area (Å²) in [7, 11) is 3.68. The molecule has 0 atom stereocenters. The van der Waals surface area contributed by atoms with E-state index in [1.807, 2.05) is 0 Å². The SMILES string of the molecule is COc1ccc(C(=O)OCC(=O)c2c(N)n(C)c(=O)n(C)c2=O)cc1[N+](=O)[O-]. The Morgan fingerprint density at radius 2 is 1.86 bits per heavy atom. The number of ether oxygens (including phenoxy) is 2. The summed E-state index contributed by atoms with van der Waals surface area (Å²) in [5.74, 6) is -2.38. The van der Waals surface area contributed by atoms with Crippen molar-refractivity contribution in [3.63, 3.8) is 0 Å². The van der Waals surface area contributed by atoms with E-state index in [-0.39, 0.29) is 17.1 Å². The van der Waals surface area contributed by atoms with E-state index in [0.29, 0.717) is 4.57 Å². The average Bonchev–Trinajstić information content (AvgIpc) is 2.68. The molecule has 2 aromatic rings.